The summed E-state index contributed by atoms with van der Waals surface area (Å²) in [4.78, 5) is 17.8. The summed E-state index contributed by atoms with van der Waals surface area (Å²) in [6, 6.07) is 0. The van der Waals surface area contributed by atoms with Crippen LogP contribution in [-0.2, 0) is 9.59 Å². The van der Waals surface area contributed by atoms with Crippen LogP contribution in [0.15, 0.2) is 0 Å². The van der Waals surface area contributed by atoms with Gasteiger partial charge in [-0.25, -0.2) is 9.59 Å². The zero-order valence-corrected chi connectivity index (χ0v) is 8.13. The minimum atomic E-state index is -5.08. The van der Waals surface area contributed by atoms with Gasteiger partial charge in [0.05, 0.1) is 0 Å². The Balaban J connectivity index is -0.000000188. The molecule has 0 bridgehead atoms. The summed E-state index contributed by atoms with van der Waals surface area (Å²) in [5.41, 5.74) is 0. The van der Waals surface area contributed by atoms with Crippen molar-refractivity contribution >= 4 is 11.9 Å². The van der Waals surface area contributed by atoms with Crippen molar-refractivity contribution in [3.63, 3.8) is 0 Å². The number of alkyl halides is 6. The second-order valence-corrected chi connectivity index (χ2v) is 1.92. The van der Waals surface area contributed by atoms with E-state index in [2.05, 4.69) is 0 Å². The van der Waals surface area contributed by atoms with Crippen LogP contribution in [0, 0.1) is 0 Å². The van der Waals surface area contributed by atoms with E-state index in [4.69, 9.17) is 24.9 Å². The average molecular weight is 274 g/mol. The molecule has 104 valence electrons. The van der Waals surface area contributed by atoms with E-state index in [0.717, 1.165) is 0 Å². The Labute approximate surface area is 90.3 Å². The highest BCUT2D eigenvalue weighted by Crippen LogP contribution is 2.13. The lowest BCUT2D eigenvalue weighted by atomic mass is 10.7. The predicted molar refractivity (Wildman–Crippen MR) is 40.1 cm³/mol. The molecule has 5 nitrogen and oxygen atoms in total. The summed E-state index contributed by atoms with van der Waals surface area (Å²) >= 11 is 0. The number of carbonyl (C=O) groups is 2. The molecule has 0 amide bonds. The third kappa shape index (κ3) is 20.5. The highest BCUT2D eigenvalue weighted by atomic mass is 19.4. The van der Waals surface area contributed by atoms with Gasteiger partial charge >= 0.3 is 24.3 Å². The van der Waals surface area contributed by atoms with Crippen molar-refractivity contribution in [2.24, 2.45) is 0 Å². The van der Waals surface area contributed by atoms with Crippen molar-refractivity contribution in [2.45, 2.75) is 19.3 Å². The fourth-order valence-corrected chi connectivity index (χ4v) is 0. The first kappa shape index (κ1) is 20.8. The monoisotopic (exact) mass is 274 g/mol. The first-order valence-corrected chi connectivity index (χ1v) is 3.51. The maximum Gasteiger partial charge on any atom is 0.490 e. The summed E-state index contributed by atoms with van der Waals surface area (Å²) < 4.78 is 63.5. The molecule has 0 heterocycles. The van der Waals surface area contributed by atoms with E-state index >= 15 is 0 Å². The van der Waals surface area contributed by atoms with E-state index in [1.54, 1.807) is 6.92 Å². The summed E-state index contributed by atoms with van der Waals surface area (Å²) in [6.07, 6.45) is -10.2. The van der Waals surface area contributed by atoms with Crippen LogP contribution in [0.3, 0.4) is 0 Å². The van der Waals surface area contributed by atoms with Gasteiger partial charge in [0, 0.05) is 6.61 Å². The van der Waals surface area contributed by atoms with Crippen molar-refractivity contribution in [3.05, 3.63) is 0 Å². The quantitative estimate of drug-likeness (QED) is 0.578. The summed E-state index contributed by atoms with van der Waals surface area (Å²) in [7, 11) is 0. The lowest BCUT2D eigenvalue weighted by molar-refractivity contribution is -0.193. The summed E-state index contributed by atoms with van der Waals surface area (Å²) in [5.74, 6) is -5.51. The molecule has 0 rings (SSSR count). The molecule has 0 saturated heterocycles. The molecule has 0 fully saturated rings. The first-order valence-electron chi connectivity index (χ1n) is 3.51. The van der Waals surface area contributed by atoms with Crippen molar-refractivity contribution in [1.29, 1.82) is 0 Å². The number of aliphatic hydroxyl groups is 1. The normalized spacial score (nSPS) is 10.4. The third-order valence-corrected chi connectivity index (χ3v) is 0.485. The number of hydrogen-bond donors (Lipinski definition) is 3. The molecule has 0 radical (unpaired) electrons. The van der Waals surface area contributed by atoms with E-state index in [1.807, 2.05) is 0 Å². The highest BCUT2D eigenvalue weighted by molar-refractivity contribution is 5.73. The van der Waals surface area contributed by atoms with Crippen molar-refractivity contribution < 1.29 is 51.3 Å². The van der Waals surface area contributed by atoms with Crippen LogP contribution in [0.25, 0.3) is 0 Å². The number of aliphatic hydroxyl groups excluding tert-OH is 1. The number of carboxylic acids is 2. The summed E-state index contributed by atoms with van der Waals surface area (Å²) in [6.45, 7) is 1.93. The Morgan fingerprint density at radius 2 is 0.941 bits per heavy atom. The number of carboxylic acid groups (broad SMARTS) is 2. The molecular formula is C6H8F6O5. The van der Waals surface area contributed by atoms with Crippen LogP contribution >= 0.6 is 0 Å². The van der Waals surface area contributed by atoms with E-state index in [-0.39, 0.29) is 6.61 Å². The van der Waals surface area contributed by atoms with Gasteiger partial charge in [0.2, 0.25) is 0 Å². The van der Waals surface area contributed by atoms with Crippen LogP contribution in [-0.4, -0.2) is 46.2 Å². The smallest absolute Gasteiger partial charge is 0.475 e. The van der Waals surface area contributed by atoms with Gasteiger partial charge in [-0.1, -0.05) is 0 Å². The molecule has 3 N–H and O–H groups in total. The zero-order valence-electron chi connectivity index (χ0n) is 8.13. The molecule has 0 aromatic carbocycles. The number of aliphatic carboxylic acids is 2. The molecule has 0 saturated carbocycles. The molecule has 0 aliphatic carbocycles. The van der Waals surface area contributed by atoms with Crippen LogP contribution in [0.2, 0.25) is 0 Å². The maximum atomic E-state index is 10.6. The molecule has 11 heteroatoms. The molecule has 0 aliphatic heterocycles. The van der Waals surface area contributed by atoms with Gasteiger partial charge in [-0.05, 0) is 6.92 Å². The van der Waals surface area contributed by atoms with Crippen molar-refractivity contribution in [1.82, 2.24) is 0 Å². The Hall–Kier alpha value is -1.52. The van der Waals surface area contributed by atoms with Gasteiger partial charge < -0.3 is 15.3 Å². The molecule has 0 atom stereocenters. The summed E-state index contributed by atoms with van der Waals surface area (Å²) in [5, 5.41) is 21.8. The van der Waals surface area contributed by atoms with Crippen molar-refractivity contribution in [3.8, 4) is 0 Å². The molecule has 0 aromatic rings. The van der Waals surface area contributed by atoms with E-state index in [9.17, 15) is 26.3 Å². The molecule has 0 unspecified atom stereocenters. The first-order chi connectivity index (χ1) is 7.30. The molecule has 17 heavy (non-hydrogen) atoms. The third-order valence-electron chi connectivity index (χ3n) is 0.485. The standard InChI is InChI=1S/2C2HF3O2.C2H6O/c2*3-2(4,5)1(6)7;1-2-3/h2*(H,6,7);3H,2H2,1H3. The molecule has 0 aliphatic rings. The van der Waals surface area contributed by atoms with Gasteiger partial charge in [-0.15, -0.1) is 0 Å². The van der Waals surface area contributed by atoms with Crippen molar-refractivity contribution in [2.75, 3.05) is 6.61 Å². The van der Waals surface area contributed by atoms with Gasteiger partial charge in [-0.2, -0.15) is 26.3 Å². The van der Waals surface area contributed by atoms with Crippen LogP contribution in [0.5, 0.6) is 0 Å². The average Bonchev–Trinajstić information content (AvgIpc) is 2.02. The van der Waals surface area contributed by atoms with E-state index < -0.39 is 24.3 Å². The number of halogens is 6. The minimum Gasteiger partial charge on any atom is -0.475 e. The van der Waals surface area contributed by atoms with Gasteiger partial charge in [0.1, 0.15) is 0 Å². The Morgan fingerprint density at radius 3 is 0.941 bits per heavy atom. The second-order valence-electron chi connectivity index (χ2n) is 1.92. The number of hydrogen-bond acceptors (Lipinski definition) is 3. The van der Waals surface area contributed by atoms with Gasteiger partial charge in [0.15, 0.2) is 0 Å². The van der Waals surface area contributed by atoms with Crippen LogP contribution < -0.4 is 0 Å². The van der Waals surface area contributed by atoms with Gasteiger partial charge in [0.25, 0.3) is 0 Å². The lowest BCUT2D eigenvalue weighted by Crippen LogP contribution is -2.21. The Morgan fingerprint density at radius 1 is 0.882 bits per heavy atom. The lowest BCUT2D eigenvalue weighted by Gasteiger charge is -1.93. The van der Waals surface area contributed by atoms with Crippen LogP contribution in [0.4, 0.5) is 26.3 Å². The van der Waals surface area contributed by atoms with Crippen LogP contribution in [0.1, 0.15) is 6.92 Å². The zero-order chi connectivity index (χ0) is 14.9. The Bertz CT molecular complexity index is 208. The SMILES string of the molecule is CCO.O=C(O)C(F)(F)F.O=C(O)C(F)(F)F. The minimum absolute atomic E-state index is 0.250. The molecular weight excluding hydrogens is 266 g/mol. The van der Waals surface area contributed by atoms with E-state index in [1.165, 1.54) is 0 Å². The predicted octanol–water partition coefficient (Wildman–Crippen LogP) is 1.27. The largest absolute Gasteiger partial charge is 0.490 e. The Kier molecular flexibility index (Phi) is 10.6. The topological polar surface area (TPSA) is 94.8 Å². The fraction of sp³-hybridized carbons (Fsp3) is 0.667. The van der Waals surface area contributed by atoms with Gasteiger partial charge in [-0.3, -0.25) is 0 Å². The molecule has 0 aromatic heterocycles. The fourth-order valence-electron chi connectivity index (χ4n) is 0. The highest BCUT2D eigenvalue weighted by Gasteiger charge is 2.38. The van der Waals surface area contributed by atoms with E-state index in [0.29, 0.717) is 0 Å². The second kappa shape index (κ2) is 8.61. The number of rotatable bonds is 0. The molecule has 0 spiro atoms. The maximum absolute atomic E-state index is 10.6.